The fourth-order valence-corrected chi connectivity index (χ4v) is 3.03. The van der Waals surface area contributed by atoms with Crippen LogP contribution in [0.5, 0.6) is 0 Å². The van der Waals surface area contributed by atoms with E-state index in [1.807, 2.05) is 13.0 Å². The van der Waals surface area contributed by atoms with Crippen LogP contribution in [0.15, 0.2) is 23.6 Å². The van der Waals surface area contributed by atoms with E-state index in [2.05, 4.69) is 15.6 Å². The molecule has 2 aromatic rings. The molecule has 126 valence electrons. The standard InChI is InChI=1S/C17H20N4O2S/c1-10-2-3-11(16(22)19-12-4-5-12)8-13(10)21-17(23)14-9-24-15(20-14)6-7-18/h2-3,8-9,12H,4-7,18H2,1H3,(H,19,22)(H,21,23). The Morgan fingerprint density at radius 3 is 2.83 bits per heavy atom. The second kappa shape index (κ2) is 7.11. The zero-order chi connectivity index (χ0) is 17.1. The van der Waals surface area contributed by atoms with Crippen LogP contribution in [0.3, 0.4) is 0 Å². The van der Waals surface area contributed by atoms with E-state index in [9.17, 15) is 9.59 Å². The Kier molecular flexibility index (Phi) is 4.92. The van der Waals surface area contributed by atoms with Crippen LogP contribution in [0.4, 0.5) is 5.69 Å². The van der Waals surface area contributed by atoms with E-state index in [1.165, 1.54) is 11.3 Å². The summed E-state index contributed by atoms with van der Waals surface area (Å²) in [5, 5.41) is 8.35. The molecule has 1 aromatic heterocycles. The summed E-state index contributed by atoms with van der Waals surface area (Å²) in [5.41, 5.74) is 7.93. The van der Waals surface area contributed by atoms with Gasteiger partial charge in [-0.2, -0.15) is 0 Å². The first-order chi connectivity index (χ1) is 11.6. The first-order valence-electron chi connectivity index (χ1n) is 7.94. The van der Waals surface area contributed by atoms with Crippen molar-refractivity contribution in [2.75, 3.05) is 11.9 Å². The van der Waals surface area contributed by atoms with Gasteiger partial charge in [0.25, 0.3) is 11.8 Å². The normalized spacial score (nSPS) is 13.6. The Morgan fingerprint density at radius 2 is 2.12 bits per heavy atom. The summed E-state index contributed by atoms with van der Waals surface area (Å²) in [6.07, 6.45) is 2.74. The largest absolute Gasteiger partial charge is 0.349 e. The van der Waals surface area contributed by atoms with E-state index in [1.54, 1.807) is 17.5 Å². The molecule has 0 atom stereocenters. The maximum atomic E-state index is 12.4. The van der Waals surface area contributed by atoms with Crippen molar-refractivity contribution in [3.63, 3.8) is 0 Å². The number of benzene rings is 1. The molecule has 1 saturated carbocycles. The molecule has 24 heavy (non-hydrogen) atoms. The Labute approximate surface area is 144 Å². The van der Waals surface area contributed by atoms with Crippen molar-refractivity contribution in [2.24, 2.45) is 5.73 Å². The number of thiazole rings is 1. The first-order valence-corrected chi connectivity index (χ1v) is 8.82. The predicted molar refractivity (Wildman–Crippen MR) is 94.5 cm³/mol. The van der Waals surface area contributed by atoms with Crippen LogP contribution in [0.2, 0.25) is 0 Å². The molecule has 1 aliphatic carbocycles. The van der Waals surface area contributed by atoms with Crippen LogP contribution in [0.25, 0.3) is 0 Å². The second-order valence-electron chi connectivity index (χ2n) is 5.90. The Bertz CT molecular complexity index is 768. The van der Waals surface area contributed by atoms with Gasteiger partial charge in [-0.1, -0.05) is 6.07 Å². The van der Waals surface area contributed by atoms with Crippen molar-refractivity contribution in [1.29, 1.82) is 0 Å². The van der Waals surface area contributed by atoms with Gasteiger partial charge in [0, 0.05) is 29.1 Å². The van der Waals surface area contributed by atoms with Crippen molar-refractivity contribution in [3.05, 3.63) is 45.4 Å². The molecule has 0 unspecified atom stereocenters. The van der Waals surface area contributed by atoms with Gasteiger partial charge in [0.15, 0.2) is 0 Å². The number of aromatic nitrogens is 1. The van der Waals surface area contributed by atoms with Crippen molar-refractivity contribution in [2.45, 2.75) is 32.2 Å². The lowest BCUT2D eigenvalue weighted by Crippen LogP contribution is -2.25. The summed E-state index contributed by atoms with van der Waals surface area (Å²) < 4.78 is 0. The zero-order valence-corrected chi connectivity index (χ0v) is 14.3. The number of nitrogens with zero attached hydrogens (tertiary/aromatic N) is 1. The van der Waals surface area contributed by atoms with E-state index >= 15 is 0 Å². The summed E-state index contributed by atoms with van der Waals surface area (Å²) in [6.45, 7) is 2.39. The molecular formula is C17H20N4O2S. The Morgan fingerprint density at radius 1 is 1.33 bits per heavy atom. The van der Waals surface area contributed by atoms with Crippen molar-refractivity contribution >= 4 is 28.8 Å². The van der Waals surface area contributed by atoms with Crippen molar-refractivity contribution in [3.8, 4) is 0 Å². The minimum atomic E-state index is -0.280. The average molecular weight is 344 g/mol. The van der Waals surface area contributed by atoms with Gasteiger partial charge in [0.05, 0.1) is 5.01 Å². The zero-order valence-electron chi connectivity index (χ0n) is 13.5. The van der Waals surface area contributed by atoms with E-state index in [0.29, 0.717) is 36.0 Å². The van der Waals surface area contributed by atoms with E-state index in [4.69, 9.17) is 5.73 Å². The minimum absolute atomic E-state index is 0.105. The van der Waals surface area contributed by atoms with Gasteiger partial charge < -0.3 is 16.4 Å². The molecule has 7 heteroatoms. The third kappa shape index (κ3) is 3.98. The maximum absolute atomic E-state index is 12.4. The van der Waals surface area contributed by atoms with Gasteiger partial charge in [-0.3, -0.25) is 9.59 Å². The quantitative estimate of drug-likeness (QED) is 0.747. The number of carbonyl (C=O) groups excluding carboxylic acids is 2. The highest BCUT2D eigenvalue weighted by molar-refractivity contribution is 7.09. The summed E-state index contributed by atoms with van der Waals surface area (Å²) in [5.74, 6) is -0.385. The molecule has 0 saturated heterocycles. The van der Waals surface area contributed by atoms with Gasteiger partial charge in [-0.05, 0) is 44.0 Å². The lowest BCUT2D eigenvalue weighted by Gasteiger charge is -2.10. The second-order valence-corrected chi connectivity index (χ2v) is 6.84. The van der Waals surface area contributed by atoms with E-state index in [0.717, 1.165) is 23.4 Å². The summed E-state index contributed by atoms with van der Waals surface area (Å²) in [4.78, 5) is 28.8. The molecule has 0 bridgehead atoms. The third-order valence-corrected chi connectivity index (χ3v) is 4.71. The fraction of sp³-hybridized carbons (Fsp3) is 0.353. The Hall–Kier alpha value is -2.25. The number of anilines is 1. The van der Waals surface area contributed by atoms with E-state index < -0.39 is 0 Å². The lowest BCUT2D eigenvalue weighted by molar-refractivity contribution is 0.0949. The van der Waals surface area contributed by atoms with Gasteiger partial charge >= 0.3 is 0 Å². The molecule has 2 amide bonds. The molecule has 1 aliphatic rings. The molecular weight excluding hydrogens is 324 g/mol. The SMILES string of the molecule is Cc1ccc(C(=O)NC2CC2)cc1NC(=O)c1csc(CCN)n1. The first kappa shape index (κ1) is 16.6. The molecule has 1 heterocycles. The number of aryl methyl sites for hydroxylation is 1. The van der Waals surface area contributed by atoms with Crippen LogP contribution < -0.4 is 16.4 Å². The highest BCUT2D eigenvalue weighted by Gasteiger charge is 2.24. The molecule has 1 aromatic carbocycles. The van der Waals surface area contributed by atoms with Crippen LogP contribution >= 0.6 is 11.3 Å². The molecule has 4 N–H and O–H groups in total. The van der Waals surface area contributed by atoms with E-state index in [-0.39, 0.29) is 11.8 Å². The molecule has 6 nitrogen and oxygen atoms in total. The molecule has 0 aliphatic heterocycles. The molecule has 3 rings (SSSR count). The highest BCUT2D eigenvalue weighted by atomic mass is 32.1. The van der Waals surface area contributed by atoms with Gasteiger partial charge in [-0.15, -0.1) is 11.3 Å². The Balaban J connectivity index is 1.72. The molecule has 1 fully saturated rings. The minimum Gasteiger partial charge on any atom is -0.349 e. The fourth-order valence-electron chi connectivity index (χ4n) is 2.23. The van der Waals surface area contributed by atoms with Gasteiger partial charge in [0.2, 0.25) is 0 Å². The highest BCUT2D eigenvalue weighted by Crippen LogP contribution is 2.22. The maximum Gasteiger partial charge on any atom is 0.275 e. The van der Waals surface area contributed by atoms with Crippen LogP contribution in [0, 0.1) is 6.92 Å². The predicted octanol–water partition coefficient (Wildman–Crippen LogP) is 2.10. The average Bonchev–Trinajstić information content (AvgIpc) is 3.24. The monoisotopic (exact) mass is 344 g/mol. The van der Waals surface area contributed by atoms with Crippen molar-refractivity contribution < 1.29 is 9.59 Å². The van der Waals surface area contributed by atoms with Crippen molar-refractivity contribution in [1.82, 2.24) is 10.3 Å². The smallest absolute Gasteiger partial charge is 0.275 e. The number of carbonyl (C=O) groups is 2. The lowest BCUT2D eigenvalue weighted by atomic mass is 10.1. The third-order valence-electron chi connectivity index (χ3n) is 3.80. The molecule has 0 spiro atoms. The summed E-state index contributed by atoms with van der Waals surface area (Å²) >= 11 is 1.42. The topological polar surface area (TPSA) is 97.1 Å². The number of hydrogen-bond acceptors (Lipinski definition) is 5. The number of rotatable bonds is 6. The van der Waals surface area contributed by atoms with Crippen LogP contribution in [0.1, 0.15) is 44.3 Å². The summed E-state index contributed by atoms with van der Waals surface area (Å²) in [6, 6.07) is 5.61. The number of nitrogens with two attached hydrogens (primary N) is 1. The summed E-state index contributed by atoms with van der Waals surface area (Å²) in [7, 11) is 0. The van der Waals surface area contributed by atoms with Gasteiger partial charge in [0.1, 0.15) is 5.69 Å². The number of nitrogens with one attached hydrogen (secondary N) is 2. The van der Waals surface area contributed by atoms with Crippen LogP contribution in [-0.4, -0.2) is 29.4 Å². The molecule has 0 radical (unpaired) electrons. The number of hydrogen-bond donors (Lipinski definition) is 3. The van der Waals surface area contributed by atoms with Crippen LogP contribution in [-0.2, 0) is 6.42 Å². The number of amides is 2. The van der Waals surface area contributed by atoms with Gasteiger partial charge in [-0.25, -0.2) is 4.98 Å².